The summed E-state index contributed by atoms with van der Waals surface area (Å²) in [6.07, 6.45) is 3.71. The summed E-state index contributed by atoms with van der Waals surface area (Å²) in [5, 5.41) is 0. The Morgan fingerprint density at radius 2 is 1.95 bits per heavy atom. The minimum Gasteiger partial charge on any atom is -0.496 e. The van der Waals surface area contributed by atoms with E-state index in [4.69, 9.17) is 4.74 Å². The van der Waals surface area contributed by atoms with Crippen LogP contribution in [0.15, 0.2) is 41.7 Å². The second-order valence-corrected chi connectivity index (χ2v) is 4.48. The molecule has 0 saturated heterocycles. The summed E-state index contributed by atoms with van der Waals surface area (Å²) in [5.74, 6) is 0.835. The van der Waals surface area contributed by atoms with Crippen molar-refractivity contribution in [3.63, 3.8) is 0 Å². The first-order chi connectivity index (χ1) is 9.15. The highest BCUT2D eigenvalue weighted by molar-refractivity contribution is 6.01. The lowest BCUT2D eigenvalue weighted by Crippen LogP contribution is -1.99. The van der Waals surface area contributed by atoms with Crippen molar-refractivity contribution >= 4 is 5.71 Å². The molecule has 0 unspecified atom stereocenters. The largest absolute Gasteiger partial charge is 0.496 e. The molecule has 0 radical (unpaired) electrons. The fourth-order valence-corrected chi connectivity index (χ4v) is 2.00. The van der Waals surface area contributed by atoms with E-state index in [0.29, 0.717) is 0 Å². The van der Waals surface area contributed by atoms with Gasteiger partial charge in [-0.2, -0.15) is 0 Å². The van der Waals surface area contributed by atoms with Crippen molar-refractivity contribution in [1.29, 1.82) is 0 Å². The molecule has 3 nitrogen and oxygen atoms in total. The summed E-state index contributed by atoms with van der Waals surface area (Å²) in [5.41, 5.74) is 5.32. The van der Waals surface area contributed by atoms with Crippen LogP contribution in [0.1, 0.15) is 18.1 Å². The van der Waals surface area contributed by atoms with Gasteiger partial charge in [0.2, 0.25) is 0 Å². The second kappa shape index (κ2) is 5.65. The molecule has 1 heterocycles. The molecule has 0 spiro atoms. The summed E-state index contributed by atoms with van der Waals surface area (Å²) in [4.78, 5) is 8.43. The van der Waals surface area contributed by atoms with Crippen molar-refractivity contribution in [3.8, 4) is 16.9 Å². The molecule has 0 atom stereocenters. The zero-order valence-electron chi connectivity index (χ0n) is 11.8. The Bertz CT molecular complexity index is 618. The van der Waals surface area contributed by atoms with Crippen molar-refractivity contribution in [2.24, 2.45) is 4.99 Å². The number of hydrogen-bond acceptors (Lipinski definition) is 3. The summed E-state index contributed by atoms with van der Waals surface area (Å²) >= 11 is 0. The second-order valence-electron chi connectivity index (χ2n) is 4.48. The molecule has 0 N–H and O–H groups in total. The Morgan fingerprint density at radius 3 is 2.58 bits per heavy atom. The number of ether oxygens (including phenoxy) is 1. The molecule has 0 saturated carbocycles. The van der Waals surface area contributed by atoms with E-state index in [1.165, 1.54) is 0 Å². The minimum absolute atomic E-state index is 0.835. The minimum atomic E-state index is 0.835. The molecule has 0 amide bonds. The quantitative estimate of drug-likeness (QED) is 0.786. The SMILES string of the molecule is CN=C(C)c1ccc(-c2cncc(C)c2)cc1OC. The van der Waals surface area contributed by atoms with Gasteiger partial charge in [-0.1, -0.05) is 6.07 Å². The molecule has 2 aromatic rings. The number of methoxy groups -OCH3 is 1. The average Bonchev–Trinajstić information content (AvgIpc) is 2.45. The molecule has 19 heavy (non-hydrogen) atoms. The van der Waals surface area contributed by atoms with Gasteiger partial charge in [-0.05, 0) is 43.2 Å². The first-order valence-electron chi connectivity index (χ1n) is 6.19. The molecule has 0 bridgehead atoms. The third-order valence-electron chi connectivity index (χ3n) is 3.14. The predicted molar refractivity (Wildman–Crippen MR) is 79.1 cm³/mol. The van der Waals surface area contributed by atoms with Crippen LogP contribution in [0, 0.1) is 6.92 Å². The smallest absolute Gasteiger partial charge is 0.128 e. The standard InChI is InChI=1S/C16H18N2O/c1-11-7-14(10-18-9-11)13-5-6-15(12(2)17-3)16(8-13)19-4/h5-10H,1-4H3. The van der Waals surface area contributed by atoms with Gasteiger partial charge in [-0.3, -0.25) is 9.98 Å². The van der Waals surface area contributed by atoms with E-state index in [2.05, 4.69) is 22.1 Å². The van der Waals surface area contributed by atoms with E-state index in [9.17, 15) is 0 Å². The van der Waals surface area contributed by atoms with Gasteiger partial charge >= 0.3 is 0 Å². The maximum Gasteiger partial charge on any atom is 0.128 e. The summed E-state index contributed by atoms with van der Waals surface area (Å²) in [7, 11) is 3.47. The molecule has 1 aromatic heterocycles. The van der Waals surface area contributed by atoms with Gasteiger partial charge in [-0.25, -0.2) is 0 Å². The molecule has 0 aliphatic carbocycles. The Balaban J connectivity index is 2.50. The Morgan fingerprint density at radius 1 is 1.16 bits per heavy atom. The van der Waals surface area contributed by atoms with E-state index < -0.39 is 0 Å². The van der Waals surface area contributed by atoms with Gasteiger partial charge in [0, 0.05) is 36.3 Å². The Kier molecular flexibility index (Phi) is 3.95. The van der Waals surface area contributed by atoms with Gasteiger partial charge in [0.25, 0.3) is 0 Å². The van der Waals surface area contributed by atoms with Gasteiger partial charge in [0.15, 0.2) is 0 Å². The van der Waals surface area contributed by atoms with Gasteiger partial charge in [-0.15, -0.1) is 0 Å². The van der Waals surface area contributed by atoms with E-state index >= 15 is 0 Å². The maximum atomic E-state index is 5.46. The number of benzene rings is 1. The van der Waals surface area contributed by atoms with Crippen LogP contribution < -0.4 is 4.74 Å². The van der Waals surface area contributed by atoms with Crippen molar-refractivity contribution < 1.29 is 4.74 Å². The molecule has 0 aliphatic rings. The van der Waals surface area contributed by atoms with Crippen LogP contribution in [0.25, 0.3) is 11.1 Å². The lowest BCUT2D eigenvalue weighted by atomic mass is 10.0. The van der Waals surface area contributed by atoms with Crippen LogP contribution >= 0.6 is 0 Å². The summed E-state index contributed by atoms with van der Waals surface area (Å²) < 4.78 is 5.46. The predicted octanol–water partition coefficient (Wildman–Crippen LogP) is 3.50. The topological polar surface area (TPSA) is 34.5 Å². The normalized spacial score (nSPS) is 11.5. The number of aromatic nitrogens is 1. The number of nitrogens with zero attached hydrogens (tertiary/aromatic N) is 2. The molecular weight excluding hydrogens is 236 g/mol. The van der Waals surface area contributed by atoms with Gasteiger partial charge < -0.3 is 4.74 Å². The number of aliphatic imine (C=N–C) groups is 1. The maximum absolute atomic E-state index is 5.46. The van der Waals surface area contributed by atoms with E-state index in [-0.39, 0.29) is 0 Å². The van der Waals surface area contributed by atoms with Crippen LogP contribution in [0.3, 0.4) is 0 Å². The van der Waals surface area contributed by atoms with Crippen LogP contribution in [-0.2, 0) is 0 Å². The molecule has 2 rings (SSSR count). The fraction of sp³-hybridized carbons (Fsp3) is 0.250. The zero-order chi connectivity index (χ0) is 13.8. The van der Waals surface area contributed by atoms with Crippen LogP contribution in [0.2, 0.25) is 0 Å². The highest BCUT2D eigenvalue weighted by Crippen LogP contribution is 2.27. The highest BCUT2D eigenvalue weighted by atomic mass is 16.5. The molecule has 3 heteroatoms. The molecule has 98 valence electrons. The average molecular weight is 254 g/mol. The van der Waals surface area contributed by atoms with E-state index in [0.717, 1.165) is 33.7 Å². The molecule has 1 aromatic carbocycles. The monoisotopic (exact) mass is 254 g/mol. The van der Waals surface area contributed by atoms with Crippen LogP contribution in [0.4, 0.5) is 0 Å². The molecule has 0 aliphatic heterocycles. The van der Waals surface area contributed by atoms with E-state index in [1.807, 2.05) is 38.4 Å². The Labute approximate surface area is 114 Å². The number of rotatable bonds is 3. The fourth-order valence-electron chi connectivity index (χ4n) is 2.00. The lowest BCUT2D eigenvalue weighted by molar-refractivity contribution is 0.414. The lowest BCUT2D eigenvalue weighted by Gasteiger charge is -2.10. The van der Waals surface area contributed by atoms with Crippen molar-refractivity contribution in [2.75, 3.05) is 14.2 Å². The Hall–Kier alpha value is -2.16. The number of aryl methyl sites for hydroxylation is 1. The first-order valence-corrected chi connectivity index (χ1v) is 6.19. The molecule has 0 fully saturated rings. The number of pyridine rings is 1. The van der Waals surface area contributed by atoms with E-state index in [1.54, 1.807) is 14.2 Å². The highest BCUT2D eigenvalue weighted by Gasteiger charge is 2.08. The summed E-state index contributed by atoms with van der Waals surface area (Å²) in [6.45, 7) is 4.02. The van der Waals surface area contributed by atoms with Crippen LogP contribution in [0.5, 0.6) is 5.75 Å². The van der Waals surface area contributed by atoms with Crippen molar-refractivity contribution in [3.05, 3.63) is 47.8 Å². The first kappa shape index (κ1) is 13.3. The van der Waals surface area contributed by atoms with Gasteiger partial charge in [0.1, 0.15) is 5.75 Å². The number of hydrogen-bond donors (Lipinski definition) is 0. The van der Waals surface area contributed by atoms with Crippen molar-refractivity contribution in [2.45, 2.75) is 13.8 Å². The van der Waals surface area contributed by atoms with Crippen LogP contribution in [-0.4, -0.2) is 24.9 Å². The van der Waals surface area contributed by atoms with Gasteiger partial charge in [0.05, 0.1) is 7.11 Å². The van der Waals surface area contributed by atoms with Crippen molar-refractivity contribution in [1.82, 2.24) is 4.98 Å². The third kappa shape index (κ3) is 2.81. The third-order valence-corrected chi connectivity index (χ3v) is 3.14. The summed E-state index contributed by atoms with van der Waals surface area (Å²) in [6, 6.07) is 8.25. The zero-order valence-corrected chi connectivity index (χ0v) is 11.8. The molecular formula is C16H18N2O.